The van der Waals surface area contributed by atoms with E-state index in [1.807, 2.05) is 0 Å². The van der Waals surface area contributed by atoms with Crippen molar-refractivity contribution in [1.82, 2.24) is 5.32 Å². The van der Waals surface area contributed by atoms with Gasteiger partial charge in [0.25, 0.3) is 5.91 Å². The Morgan fingerprint density at radius 1 is 1.27 bits per heavy atom. The van der Waals surface area contributed by atoms with Crippen LogP contribution < -0.4 is 5.32 Å². The average Bonchev–Trinajstić information content (AvgIpc) is 2.39. The van der Waals surface area contributed by atoms with Crippen molar-refractivity contribution in [1.29, 1.82) is 0 Å². The molecule has 4 aliphatic rings. The maximum absolute atomic E-state index is 12.2. The normalized spacial score (nSPS) is 38.4. The molecule has 0 radical (unpaired) electrons. The van der Waals surface area contributed by atoms with Crippen molar-refractivity contribution < 1.29 is 14.3 Å². The second-order valence-corrected chi connectivity index (χ2v) is 9.11. The molecule has 22 heavy (non-hydrogen) atoms. The molecule has 4 aliphatic carbocycles. The van der Waals surface area contributed by atoms with Crippen LogP contribution in [0.25, 0.3) is 0 Å². The third kappa shape index (κ3) is 3.32. The molecule has 0 aromatic carbocycles. The molecule has 5 heteroatoms. The largest absolute Gasteiger partial charge is 0.456 e. The Hall–Kier alpha value is -1.02. The van der Waals surface area contributed by atoms with Gasteiger partial charge in [0.1, 0.15) is 0 Å². The highest BCUT2D eigenvalue weighted by atomic mass is 79.9. The van der Waals surface area contributed by atoms with E-state index < -0.39 is 0 Å². The minimum absolute atomic E-state index is 0.0833. The van der Waals surface area contributed by atoms with Crippen LogP contribution >= 0.6 is 15.9 Å². The van der Waals surface area contributed by atoms with Crippen LogP contribution in [0.2, 0.25) is 0 Å². The lowest BCUT2D eigenvalue weighted by atomic mass is 9.49. The summed E-state index contributed by atoms with van der Waals surface area (Å²) in [6.45, 7) is -0.0707. The van der Waals surface area contributed by atoms with E-state index in [1.165, 1.54) is 19.3 Å². The first-order valence-electron chi connectivity index (χ1n) is 7.97. The minimum atomic E-state index is -0.339. The Labute approximate surface area is 139 Å². The molecule has 4 bridgehead atoms. The number of hydrogen-bond acceptors (Lipinski definition) is 3. The summed E-state index contributed by atoms with van der Waals surface area (Å²) in [5.74, 6) is 3.21. The zero-order valence-corrected chi connectivity index (χ0v) is 14.3. The summed E-state index contributed by atoms with van der Waals surface area (Å²) in [5, 5.41) is 2.49. The first kappa shape index (κ1) is 15.9. The van der Waals surface area contributed by atoms with Crippen LogP contribution in [0, 0.1) is 29.6 Å². The number of nitrogens with one attached hydrogen (secondary N) is 1. The number of halogens is 1. The third-order valence-electron chi connectivity index (χ3n) is 5.38. The van der Waals surface area contributed by atoms with Crippen LogP contribution in [0.1, 0.15) is 44.9 Å². The first-order chi connectivity index (χ1) is 10.4. The van der Waals surface area contributed by atoms with Crippen LogP contribution in [0.5, 0.6) is 0 Å². The van der Waals surface area contributed by atoms with E-state index in [2.05, 4.69) is 27.2 Å². The van der Waals surface area contributed by atoms with Crippen LogP contribution in [0.3, 0.4) is 0 Å². The fourth-order valence-corrected chi connectivity index (χ4v) is 6.76. The van der Waals surface area contributed by atoms with Gasteiger partial charge < -0.3 is 10.1 Å². The molecule has 4 saturated carbocycles. The Bertz CT molecular complexity index is 510. The molecule has 4 atom stereocenters. The zero-order valence-electron chi connectivity index (χ0n) is 12.7. The van der Waals surface area contributed by atoms with E-state index in [0.717, 1.165) is 31.1 Å². The monoisotopic (exact) mass is 367 g/mol. The highest BCUT2D eigenvalue weighted by Crippen LogP contribution is 2.65. The van der Waals surface area contributed by atoms with Crippen LogP contribution in [-0.2, 0) is 14.3 Å². The molecule has 4 fully saturated rings. The molecular weight excluding hydrogens is 346 g/mol. The number of esters is 1. The number of ether oxygens (including phenoxy) is 1. The molecule has 1 amide bonds. The number of carbonyl (C=O) groups is 2. The fraction of sp³-hybridized carbons (Fsp3) is 0.765. The zero-order chi connectivity index (χ0) is 15.8. The van der Waals surface area contributed by atoms with Gasteiger partial charge in [0.05, 0.1) is 13.0 Å². The standard InChI is InChI=1S/C17H22BrNO3/c1-2-3-19-14(20)10-22-15(21)9-16-5-12-4-13(6-16)8-17(18,7-12)11-16/h1,12-13H,3-11H2,(H,19,20)/t12-,13+,16?,17?. The van der Waals surface area contributed by atoms with Gasteiger partial charge in [-0.25, -0.2) is 0 Å². The summed E-state index contributed by atoms with van der Waals surface area (Å²) >= 11 is 3.94. The number of rotatable bonds is 5. The predicted octanol–water partition coefficient (Wildman–Crippen LogP) is 2.40. The summed E-state index contributed by atoms with van der Waals surface area (Å²) in [7, 11) is 0. The number of alkyl halides is 1. The Kier molecular flexibility index (Phi) is 4.24. The smallest absolute Gasteiger partial charge is 0.306 e. The van der Waals surface area contributed by atoms with Crippen LogP contribution in [-0.4, -0.2) is 29.4 Å². The maximum atomic E-state index is 12.2. The predicted molar refractivity (Wildman–Crippen MR) is 86.2 cm³/mol. The van der Waals surface area contributed by atoms with Crippen molar-refractivity contribution in [2.24, 2.45) is 17.3 Å². The number of amides is 1. The van der Waals surface area contributed by atoms with Gasteiger partial charge in [0.2, 0.25) is 0 Å². The van der Waals surface area contributed by atoms with Gasteiger partial charge >= 0.3 is 5.97 Å². The van der Waals surface area contributed by atoms with Gasteiger partial charge in [-0.15, -0.1) is 6.42 Å². The molecule has 0 saturated heterocycles. The summed E-state index contributed by atoms with van der Waals surface area (Å²) < 4.78 is 5.38. The van der Waals surface area contributed by atoms with Gasteiger partial charge in [-0.05, 0) is 55.8 Å². The Morgan fingerprint density at radius 3 is 2.55 bits per heavy atom. The molecule has 0 heterocycles. The second kappa shape index (κ2) is 5.88. The van der Waals surface area contributed by atoms with Gasteiger partial charge in [-0.1, -0.05) is 21.9 Å². The fourth-order valence-electron chi connectivity index (χ4n) is 5.25. The Balaban J connectivity index is 1.53. The van der Waals surface area contributed by atoms with Crippen molar-refractivity contribution >= 4 is 27.8 Å². The van der Waals surface area contributed by atoms with E-state index in [9.17, 15) is 9.59 Å². The lowest BCUT2D eigenvalue weighted by Crippen LogP contribution is -2.53. The van der Waals surface area contributed by atoms with E-state index in [1.54, 1.807) is 0 Å². The van der Waals surface area contributed by atoms with Gasteiger partial charge in [0.15, 0.2) is 6.61 Å². The molecule has 4 rings (SSSR count). The number of terminal acetylenes is 1. The molecule has 1 N–H and O–H groups in total. The van der Waals surface area contributed by atoms with E-state index in [-0.39, 0.29) is 34.8 Å². The Morgan fingerprint density at radius 2 is 1.95 bits per heavy atom. The number of hydrogen-bond donors (Lipinski definition) is 1. The van der Waals surface area contributed by atoms with E-state index in [4.69, 9.17) is 11.2 Å². The molecule has 2 unspecified atom stereocenters. The van der Waals surface area contributed by atoms with Crippen LogP contribution in [0.15, 0.2) is 0 Å². The first-order valence-corrected chi connectivity index (χ1v) is 8.76. The summed E-state index contributed by atoms with van der Waals surface area (Å²) in [4.78, 5) is 23.6. The number of carbonyl (C=O) groups excluding carboxylic acids is 2. The van der Waals surface area contributed by atoms with Crippen molar-refractivity contribution in [3.8, 4) is 12.3 Å². The maximum Gasteiger partial charge on any atom is 0.306 e. The average molecular weight is 368 g/mol. The van der Waals surface area contributed by atoms with Gasteiger partial charge in [0, 0.05) is 4.32 Å². The van der Waals surface area contributed by atoms with Crippen molar-refractivity contribution in [3.05, 3.63) is 0 Å². The summed E-state index contributed by atoms with van der Waals surface area (Å²) in [6.07, 6.45) is 12.6. The minimum Gasteiger partial charge on any atom is -0.456 e. The topological polar surface area (TPSA) is 55.4 Å². The molecule has 0 spiro atoms. The summed E-state index contributed by atoms with van der Waals surface area (Å²) in [6, 6.07) is 0. The summed E-state index contributed by atoms with van der Waals surface area (Å²) in [5.41, 5.74) is 0.0833. The molecule has 0 aromatic rings. The lowest BCUT2D eigenvalue weighted by Gasteiger charge is -2.60. The van der Waals surface area contributed by atoms with Crippen molar-refractivity contribution in [3.63, 3.8) is 0 Å². The quantitative estimate of drug-likeness (QED) is 0.461. The van der Waals surface area contributed by atoms with E-state index >= 15 is 0 Å². The highest BCUT2D eigenvalue weighted by molar-refractivity contribution is 9.10. The van der Waals surface area contributed by atoms with Gasteiger partial charge in [-0.2, -0.15) is 0 Å². The van der Waals surface area contributed by atoms with Crippen molar-refractivity contribution in [2.45, 2.75) is 49.3 Å². The second-order valence-electron chi connectivity index (χ2n) is 7.43. The third-order valence-corrected chi connectivity index (χ3v) is 6.31. The van der Waals surface area contributed by atoms with Crippen molar-refractivity contribution in [2.75, 3.05) is 13.2 Å². The molecule has 120 valence electrons. The molecule has 4 nitrogen and oxygen atoms in total. The van der Waals surface area contributed by atoms with E-state index in [0.29, 0.717) is 6.42 Å². The molecule has 0 aliphatic heterocycles. The van der Waals surface area contributed by atoms with Gasteiger partial charge in [-0.3, -0.25) is 9.59 Å². The van der Waals surface area contributed by atoms with Crippen LogP contribution in [0.4, 0.5) is 0 Å². The molecular formula is C17H22BrNO3. The lowest BCUT2D eigenvalue weighted by molar-refractivity contribution is -0.154. The molecule has 0 aromatic heterocycles. The SMILES string of the molecule is C#CCNC(=O)COC(=O)CC12C[C@@H]3C[C@@H](CC(Br)(C3)C1)C2. The highest BCUT2D eigenvalue weighted by Gasteiger charge is 2.57.